The minimum Gasteiger partial charge on any atom is -0.365 e. The normalized spacial score (nSPS) is 8.88. The summed E-state index contributed by atoms with van der Waals surface area (Å²) in [5, 5.41) is 9.32. The number of hydrogen-bond acceptors (Lipinski definition) is 6. The Kier molecular flexibility index (Phi) is 37.0. The first-order chi connectivity index (χ1) is 19.7. The Balaban J connectivity index is -0.000000206. The molecule has 0 aliphatic heterocycles. The molecule has 0 unspecified atom stereocenters. The summed E-state index contributed by atoms with van der Waals surface area (Å²) in [5.74, 6) is 3.13. The Morgan fingerprint density at radius 3 is 1.34 bits per heavy atom. The molecule has 0 fully saturated rings. The summed E-state index contributed by atoms with van der Waals surface area (Å²) in [6, 6.07) is 16.3. The van der Waals surface area contributed by atoms with Crippen LogP contribution in [0.2, 0.25) is 0 Å². The minimum absolute atomic E-state index is 0.456. The van der Waals surface area contributed by atoms with E-state index in [1.54, 1.807) is 12.5 Å². The van der Waals surface area contributed by atoms with Crippen LogP contribution in [-0.2, 0) is 0 Å². The average molecular weight is 590 g/mol. The second-order valence-electron chi connectivity index (χ2n) is 8.79. The van der Waals surface area contributed by atoms with E-state index in [1.807, 2.05) is 79.0 Å². The summed E-state index contributed by atoms with van der Waals surface area (Å²) >= 11 is 1.52. The van der Waals surface area contributed by atoms with Crippen LogP contribution in [0.4, 0.5) is 0 Å². The van der Waals surface area contributed by atoms with Gasteiger partial charge in [-0.2, -0.15) is 4.37 Å². The number of rotatable bonds is 4. The van der Waals surface area contributed by atoms with E-state index in [0.29, 0.717) is 23.7 Å². The molecule has 0 radical (unpaired) electrons. The van der Waals surface area contributed by atoms with Crippen molar-refractivity contribution in [2.75, 3.05) is 0 Å². The van der Waals surface area contributed by atoms with E-state index in [4.69, 9.17) is 4.52 Å². The van der Waals surface area contributed by atoms with Crippen LogP contribution in [0.15, 0.2) is 75.4 Å². The summed E-state index contributed by atoms with van der Waals surface area (Å²) in [7, 11) is 0. The van der Waals surface area contributed by atoms with Gasteiger partial charge in [0.05, 0.1) is 17.6 Å². The number of benzene rings is 1. The van der Waals surface area contributed by atoms with Gasteiger partial charge in [0.25, 0.3) is 0 Å². The Morgan fingerprint density at radius 1 is 0.585 bits per heavy atom. The quantitative estimate of drug-likeness (QED) is 0.237. The van der Waals surface area contributed by atoms with Crippen LogP contribution in [0.1, 0.15) is 157 Å². The molecule has 0 bridgehead atoms. The molecule has 0 saturated heterocycles. The molecule has 0 saturated carbocycles. The Morgan fingerprint density at radius 2 is 1.12 bits per heavy atom. The molecule has 3 aromatic heterocycles. The van der Waals surface area contributed by atoms with Crippen molar-refractivity contribution in [3.63, 3.8) is 0 Å². The zero-order valence-corrected chi connectivity index (χ0v) is 30.0. The lowest BCUT2D eigenvalue weighted by atomic mass is 10.0. The van der Waals surface area contributed by atoms with Gasteiger partial charge in [0.2, 0.25) is 0 Å². The summed E-state index contributed by atoms with van der Waals surface area (Å²) in [6.45, 7) is 33.0. The fraction of sp³-hybridized carbons (Fsp3) is 0.571. The SMILES string of the molecule is CC.CC.CC.CC.CC(C)c1ccccc1.CC(C)c1ccno1.CC(C)c1ccon1.CC(C)c1ccsn1. The first-order valence-electron chi connectivity index (χ1n) is 15.5. The molecule has 4 rings (SSSR count). The van der Waals surface area contributed by atoms with Crippen LogP contribution < -0.4 is 0 Å². The average Bonchev–Trinajstić information content (AvgIpc) is 3.83. The fourth-order valence-corrected chi connectivity index (χ4v) is 3.06. The molecule has 3 heterocycles. The highest BCUT2D eigenvalue weighted by Crippen LogP contribution is 2.13. The van der Waals surface area contributed by atoms with E-state index in [-0.39, 0.29) is 0 Å². The molecule has 0 aliphatic carbocycles. The van der Waals surface area contributed by atoms with Gasteiger partial charge < -0.3 is 9.05 Å². The van der Waals surface area contributed by atoms with E-state index < -0.39 is 0 Å². The Labute approximate surface area is 258 Å². The molecule has 6 heteroatoms. The molecular formula is C35H63N3O2S. The van der Waals surface area contributed by atoms with E-state index in [1.165, 1.54) is 22.8 Å². The second-order valence-corrected chi connectivity index (χ2v) is 9.46. The van der Waals surface area contributed by atoms with Crippen molar-refractivity contribution in [3.05, 3.63) is 89.1 Å². The van der Waals surface area contributed by atoms with Crippen LogP contribution in [0.3, 0.4) is 0 Å². The van der Waals surface area contributed by atoms with Crippen molar-refractivity contribution < 1.29 is 9.05 Å². The minimum atomic E-state index is 0.456. The van der Waals surface area contributed by atoms with Gasteiger partial charge in [0.1, 0.15) is 12.0 Å². The third kappa shape index (κ3) is 25.9. The third-order valence-corrected chi connectivity index (χ3v) is 5.17. The molecule has 0 aliphatic rings. The Bertz CT molecular complexity index is 826. The molecule has 1 aromatic carbocycles. The maximum absolute atomic E-state index is 4.84. The van der Waals surface area contributed by atoms with Crippen LogP contribution in [-0.4, -0.2) is 14.7 Å². The predicted octanol–water partition coefficient (Wildman–Crippen LogP) is 12.8. The van der Waals surface area contributed by atoms with Crippen LogP contribution in [0.25, 0.3) is 0 Å². The highest BCUT2D eigenvalue weighted by Gasteiger charge is 2.00. The van der Waals surface area contributed by atoms with E-state index in [9.17, 15) is 0 Å². The lowest BCUT2D eigenvalue weighted by Crippen LogP contribution is -1.83. The zero-order chi connectivity index (χ0) is 32.6. The van der Waals surface area contributed by atoms with Gasteiger partial charge in [-0.05, 0) is 40.9 Å². The van der Waals surface area contributed by atoms with Gasteiger partial charge in [0, 0.05) is 23.4 Å². The first-order valence-corrected chi connectivity index (χ1v) is 16.3. The summed E-state index contributed by atoms with van der Waals surface area (Å²) in [6.07, 6.45) is 3.25. The highest BCUT2D eigenvalue weighted by molar-refractivity contribution is 7.03. The van der Waals surface area contributed by atoms with Gasteiger partial charge in [-0.3, -0.25) is 0 Å². The van der Waals surface area contributed by atoms with Gasteiger partial charge in [-0.15, -0.1) is 0 Å². The topological polar surface area (TPSA) is 65.0 Å². The molecule has 4 aromatic rings. The molecule has 41 heavy (non-hydrogen) atoms. The van der Waals surface area contributed by atoms with Gasteiger partial charge in [0.15, 0.2) is 0 Å². The second kappa shape index (κ2) is 33.5. The first kappa shape index (κ1) is 45.3. The number of aromatic nitrogens is 3. The number of nitrogens with zero attached hydrogens (tertiary/aromatic N) is 3. The summed E-state index contributed by atoms with van der Waals surface area (Å²) < 4.78 is 13.6. The van der Waals surface area contributed by atoms with Crippen LogP contribution in [0, 0.1) is 0 Å². The molecule has 236 valence electrons. The largest absolute Gasteiger partial charge is 0.365 e. The molecule has 5 nitrogen and oxygen atoms in total. The van der Waals surface area contributed by atoms with E-state index >= 15 is 0 Å². The lowest BCUT2D eigenvalue weighted by Gasteiger charge is -2.01. The van der Waals surface area contributed by atoms with Gasteiger partial charge in [-0.1, -0.05) is 151 Å². The summed E-state index contributed by atoms with van der Waals surface area (Å²) in [4.78, 5) is 0. The monoisotopic (exact) mass is 589 g/mol. The lowest BCUT2D eigenvalue weighted by molar-refractivity contribution is 0.371. The number of hydrogen-bond donors (Lipinski definition) is 0. The molecule has 0 N–H and O–H groups in total. The van der Waals surface area contributed by atoms with E-state index in [0.717, 1.165) is 11.5 Å². The van der Waals surface area contributed by atoms with Crippen molar-refractivity contribution in [3.8, 4) is 0 Å². The van der Waals surface area contributed by atoms with Gasteiger partial charge >= 0.3 is 0 Å². The smallest absolute Gasteiger partial charge is 0.139 e. The van der Waals surface area contributed by atoms with Crippen LogP contribution in [0.5, 0.6) is 0 Å². The van der Waals surface area contributed by atoms with Gasteiger partial charge in [-0.25, -0.2) is 0 Å². The van der Waals surface area contributed by atoms with Crippen molar-refractivity contribution >= 4 is 11.5 Å². The molecular weight excluding hydrogens is 526 g/mol. The fourth-order valence-electron chi connectivity index (χ4n) is 2.40. The Hall–Kier alpha value is -2.73. The molecule has 0 amide bonds. The molecule has 0 spiro atoms. The van der Waals surface area contributed by atoms with Crippen molar-refractivity contribution in [2.24, 2.45) is 0 Å². The standard InChI is InChI=1S/C9H12.2C6H9NO.C6H9NS.4C2H6/c1-8(2)9-6-4-3-5-7-9;1-5(2)6-3-4-8-7-6;1-5(2)6-3-4-7-8-6;1-5(2)6-3-4-8-7-6;4*1-2/h3-8H,1-2H3;3*3-5H,1-2H3;4*1-2H3. The third-order valence-electron chi connectivity index (χ3n) is 4.59. The maximum atomic E-state index is 4.84. The van der Waals surface area contributed by atoms with Crippen molar-refractivity contribution in [1.82, 2.24) is 14.7 Å². The maximum Gasteiger partial charge on any atom is 0.139 e. The highest BCUT2D eigenvalue weighted by atomic mass is 32.1. The zero-order valence-electron chi connectivity index (χ0n) is 29.2. The molecule has 0 atom stereocenters. The van der Waals surface area contributed by atoms with E-state index in [2.05, 4.69) is 105 Å². The summed E-state index contributed by atoms with van der Waals surface area (Å²) in [5.41, 5.74) is 3.64. The predicted molar refractivity (Wildman–Crippen MR) is 183 cm³/mol. The van der Waals surface area contributed by atoms with Crippen LogP contribution >= 0.6 is 11.5 Å². The van der Waals surface area contributed by atoms with Crippen molar-refractivity contribution in [2.45, 2.75) is 134 Å². The van der Waals surface area contributed by atoms with Crippen molar-refractivity contribution in [1.29, 1.82) is 0 Å².